The van der Waals surface area contributed by atoms with Crippen LogP contribution in [-0.2, 0) is 11.8 Å². The first-order valence-electron chi connectivity index (χ1n) is 10.5. The van der Waals surface area contributed by atoms with Gasteiger partial charge in [-0.15, -0.1) is 0 Å². The number of nitrogens with zero attached hydrogens (tertiary/aromatic N) is 1. The van der Waals surface area contributed by atoms with Gasteiger partial charge >= 0.3 is 0 Å². The summed E-state index contributed by atoms with van der Waals surface area (Å²) in [6.45, 7) is 0. The maximum Gasteiger partial charge on any atom is 0.272 e. The first kappa shape index (κ1) is 19.4. The monoisotopic (exact) mass is 415 g/mol. The Labute approximate surface area is 181 Å². The Morgan fingerprint density at radius 3 is 2.10 bits per heavy atom. The predicted molar refractivity (Wildman–Crippen MR) is 119 cm³/mol. The second-order valence-corrected chi connectivity index (χ2v) is 8.15. The molecule has 1 heterocycles. The number of ether oxygens (including phenoxy) is 2. The average molecular weight is 415 g/mol. The van der Waals surface area contributed by atoms with Crippen molar-refractivity contribution in [1.82, 2.24) is 15.5 Å². The minimum atomic E-state index is -0.400. The molecule has 5 rings (SSSR count). The second-order valence-electron chi connectivity index (χ2n) is 8.15. The Hall–Kier alpha value is -3.54. The highest BCUT2D eigenvalue weighted by Crippen LogP contribution is 2.42. The highest BCUT2D eigenvalue weighted by molar-refractivity contribution is 5.97. The zero-order valence-corrected chi connectivity index (χ0v) is 17.6. The average Bonchev–Trinajstić information content (AvgIpc) is 3.54. The molecule has 2 N–H and O–H groups in total. The summed E-state index contributed by atoms with van der Waals surface area (Å²) in [6, 6.07) is 16.6. The van der Waals surface area contributed by atoms with Crippen LogP contribution in [0.3, 0.4) is 0 Å². The summed E-state index contributed by atoms with van der Waals surface area (Å²) in [5.74, 6) is 1.52. The number of nitrogens with one attached hydrogen (secondary N) is 2. The normalized spacial score (nSPS) is 16.5. The van der Waals surface area contributed by atoms with Crippen LogP contribution in [0.4, 0.5) is 0 Å². The fourth-order valence-corrected chi connectivity index (χ4v) is 4.26. The maximum atomic E-state index is 12.6. The minimum Gasteiger partial charge on any atom is -0.497 e. The van der Waals surface area contributed by atoms with Crippen molar-refractivity contribution in [2.45, 2.75) is 30.7 Å². The molecule has 0 radical (unpaired) electrons. The van der Waals surface area contributed by atoms with Crippen LogP contribution in [0, 0.1) is 0 Å². The largest absolute Gasteiger partial charge is 0.497 e. The van der Waals surface area contributed by atoms with Crippen molar-refractivity contribution >= 4 is 12.0 Å². The lowest BCUT2D eigenvalue weighted by Gasteiger charge is -2.34. The van der Waals surface area contributed by atoms with E-state index in [1.807, 2.05) is 30.3 Å². The third kappa shape index (κ3) is 3.48. The Bertz CT molecular complexity index is 1080. The van der Waals surface area contributed by atoms with Gasteiger partial charge in [-0.3, -0.25) is 9.89 Å². The molecule has 3 aromatic rings. The molecule has 2 aliphatic rings. The fraction of sp³-hybridized carbons (Fsp3) is 0.280. The number of benzene rings is 2. The molecule has 1 aromatic heterocycles. The molecule has 158 valence electrons. The van der Waals surface area contributed by atoms with Gasteiger partial charge < -0.3 is 14.8 Å². The number of aromatic nitrogens is 2. The van der Waals surface area contributed by atoms with Crippen molar-refractivity contribution in [3.05, 3.63) is 82.7 Å². The molecule has 0 aliphatic heterocycles. The Morgan fingerprint density at radius 1 is 1.00 bits per heavy atom. The molecular weight excluding hydrogens is 390 g/mol. The molecule has 1 saturated carbocycles. The van der Waals surface area contributed by atoms with E-state index in [1.54, 1.807) is 14.2 Å². The van der Waals surface area contributed by atoms with Crippen LogP contribution in [0.2, 0.25) is 0 Å². The van der Waals surface area contributed by atoms with Crippen LogP contribution in [0.5, 0.6) is 11.5 Å². The number of methoxy groups -OCH3 is 2. The lowest BCUT2D eigenvalue weighted by atomic mass is 9.68. The fourth-order valence-electron chi connectivity index (χ4n) is 4.26. The highest BCUT2D eigenvalue weighted by atomic mass is 16.5. The molecule has 0 unspecified atom stereocenters. The maximum absolute atomic E-state index is 12.6. The molecule has 0 spiro atoms. The number of carbonyl (C=O) groups excluding carboxylic acids is 1. The van der Waals surface area contributed by atoms with Crippen molar-refractivity contribution in [2.75, 3.05) is 14.2 Å². The number of amides is 1. The summed E-state index contributed by atoms with van der Waals surface area (Å²) in [6.07, 6.45) is 6.97. The summed E-state index contributed by atoms with van der Waals surface area (Å²) in [7, 11) is 3.33. The van der Waals surface area contributed by atoms with Gasteiger partial charge in [0, 0.05) is 29.1 Å². The van der Waals surface area contributed by atoms with E-state index in [9.17, 15) is 4.79 Å². The van der Waals surface area contributed by atoms with Crippen LogP contribution in [0.25, 0.3) is 6.08 Å². The predicted octanol–water partition coefficient (Wildman–Crippen LogP) is 3.87. The van der Waals surface area contributed by atoms with Crippen LogP contribution >= 0.6 is 0 Å². The van der Waals surface area contributed by atoms with E-state index in [0.29, 0.717) is 18.2 Å². The highest BCUT2D eigenvalue weighted by Gasteiger charge is 2.37. The van der Waals surface area contributed by atoms with Crippen LogP contribution in [0.15, 0.2) is 54.6 Å². The summed E-state index contributed by atoms with van der Waals surface area (Å²) in [5, 5.41) is 10.5. The summed E-state index contributed by atoms with van der Waals surface area (Å²) >= 11 is 0. The first-order valence-corrected chi connectivity index (χ1v) is 10.5. The minimum absolute atomic E-state index is 0.106. The van der Waals surface area contributed by atoms with E-state index in [2.05, 4.69) is 45.9 Å². The van der Waals surface area contributed by atoms with E-state index in [0.717, 1.165) is 46.7 Å². The lowest BCUT2D eigenvalue weighted by Crippen LogP contribution is -2.31. The van der Waals surface area contributed by atoms with Gasteiger partial charge in [-0.1, -0.05) is 36.4 Å². The lowest BCUT2D eigenvalue weighted by molar-refractivity contribution is 0.0946. The van der Waals surface area contributed by atoms with Crippen molar-refractivity contribution in [3.8, 4) is 11.5 Å². The van der Waals surface area contributed by atoms with Gasteiger partial charge in [0.25, 0.3) is 5.91 Å². The Morgan fingerprint density at radius 2 is 1.58 bits per heavy atom. The van der Waals surface area contributed by atoms with E-state index in [-0.39, 0.29) is 5.91 Å². The quantitative estimate of drug-likeness (QED) is 0.641. The number of fused-ring (bicyclic) bond motifs is 1. The third-order valence-electron chi connectivity index (χ3n) is 6.21. The van der Waals surface area contributed by atoms with Gasteiger partial charge in [-0.2, -0.15) is 5.10 Å². The molecule has 0 bridgehead atoms. The van der Waals surface area contributed by atoms with Crippen LogP contribution < -0.4 is 14.8 Å². The third-order valence-corrected chi connectivity index (χ3v) is 6.21. The first-order chi connectivity index (χ1) is 15.1. The van der Waals surface area contributed by atoms with E-state index < -0.39 is 5.41 Å². The van der Waals surface area contributed by atoms with E-state index in [4.69, 9.17) is 9.47 Å². The number of aromatic amines is 1. The number of allylic oxidation sites excluding steroid dienone is 1. The molecule has 31 heavy (non-hydrogen) atoms. The van der Waals surface area contributed by atoms with Gasteiger partial charge in [0.1, 0.15) is 11.5 Å². The van der Waals surface area contributed by atoms with Gasteiger partial charge in [0.15, 0.2) is 5.69 Å². The molecule has 0 atom stereocenters. The van der Waals surface area contributed by atoms with Crippen molar-refractivity contribution in [3.63, 3.8) is 0 Å². The number of H-pyrrole nitrogens is 1. The van der Waals surface area contributed by atoms with Crippen LogP contribution in [-0.4, -0.2) is 36.4 Å². The summed E-state index contributed by atoms with van der Waals surface area (Å²) in [5.41, 5.74) is 4.17. The Balaban J connectivity index is 1.57. The number of hydrogen-bond acceptors (Lipinski definition) is 4. The molecule has 1 fully saturated rings. The van der Waals surface area contributed by atoms with Crippen molar-refractivity contribution in [2.24, 2.45) is 0 Å². The van der Waals surface area contributed by atoms with Gasteiger partial charge in [0.05, 0.1) is 14.2 Å². The Kier molecular flexibility index (Phi) is 4.77. The topological polar surface area (TPSA) is 76.2 Å². The standard InChI is InChI=1S/C25H25N3O3/c1-30-19-9-3-16(4-10-19)25(17-5-11-20(31-2)12-6-17)14-13-21-22(15-25)27-28-23(21)24(29)26-18-7-8-18/h3-6,9-14,18H,7-8,15H2,1-2H3,(H,26,29)(H,27,28). The zero-order chi connectivity index (χ0) is 21.4. The molecule has 2 aromatic carbocycles. The number of carbonyl (C=O) groups is 1. The number of rotatable bonds is 6. The van der Waals surface area contributed by atoms with Crippen LogP contribution in [0.1, 0.15) is 45.7 Å². The summed E-state index contributed by atoms with van der Waals surface area (Å²) < 4.78 is 10.7. The van der Waals surface area contributed by atoms with Gasteiger partial charge in [-0.05, 0) is 48.2 Å². The SMILES string of the molecule is COc1ccc(C2(c3ccc(OC)cc3)C=Cc3c(C(=O)NC4CC4)n[nH]c3C2)cc1. The number of hydrogen-bond donors (Lipinski definition) is 2. The van der Waals surface area contributed by atoms with E-state index in [1.165, 1.54) is 0 Å². The molecule has 6 heteroatoms. The van der Waals surface area contributed by atoms with E-state index >= 15 is 0 Å². The molecule has 6 nitrogen and oxygen atoms in total. The van der Waals surface area contributed by atoms with Gasteiger partial charge in [0.2, 0.25) is 0 Å². The second kappa shape index (κ2) is 7.61. The molecule has 2 aliphatic carbocycles. The van der Waals surface area contributed by atoms with Crippen molar-refractivity contribution in [1.29, 1.82) is 0 Å². The molecular formula is C25H25N3O3. The summed E-state index contributed by atoms with van der Waals surface area (Å²) in [4.78, 5) is 12.6. The molecule has 1 amide bonds. The molecule has 0 saturated heterocycles. The van der Waals surface area contributed by atoms with Gasteiger partial charge in [-0.25, -0.2) is 0 Å². The smallest absolute Gasteiger partial charge is 0.272 e. The van der Waals surface area contributed by atoms with Crippen molar-refractivity contribution < 1.29 is 14.3 Å². The zero-order valence-electron chi connectivity index (χ0n) is 17.6.